The lowest BCUT2D eigenvalue weighted by Gasteiger charge is -2.19. The van der Waals surface area contributed by atoms with E-state index < -0.39 is 32.5 Å². The normalized spacial score (nSPS) is 14.3. The van der Waals surface area contributed by atoms with Crippen molar-refractivity contribution in [2.24, 2.45) is 5.73 Å². The van der Waals surface area contributed by atoms with E-state index in [1.165, 1.54) is 38.5 Å². The van der Waals surface area contributed by atoms with E-state index in [1.54, 1.807) is 0 Å². The van der Waals surface area contributed by atoms with Crippen LogP contribution in [0, 0.1) is 0 Å². The molecule has 0 amide bonds. The Morgan fingerprint density at radius 1 is 0.323 bits per heavy atom. The Balaban J connectivity index is 4.07. The van der Waals surface area contributed by atoms with Gasteiger partial charge in [-0.1, -0.05) is 303 Å². The number of hydrogen-bond donors (Lipinski definition) is 2. The molecule has 93 heavy (non-hydrogen) atoms. The van der Waals surface area contributed by atoms with E-state index in [0.717, 1.165) is 167 Å². The number of carbonyl (C=O) groups is 2. The Kier molecular flexibility index (Phi) is 70.3. The van der Waals surface area contributed by atoms with E-state index in [4.69, 9.17) is 24.3 Å². The third-order valence-electron chi connectivity index (χ3n) is 14.0. The average Bonchev–Trinajstić information content (AvgIpc) is 3.04. The first-order valence-corrected chi connectivity index (χ1v) is 37.4. The summed E-state index contributed by atoms with van der Waals surface area (Å²) in [4.78, 5) is 35.4. The van der Waals surface area contributed by atoms with Crippen molar-refractivity contribution >= 4 is 19.8 Å². The number of ether oxygens (including phenoxy) is 2. The highest BCUT2D eigenvalue weighted by molar-refractivity contribution is 7.47. The second-order valence-electron chi connectivity index (χ2n) is 22.6. The quantitative estimate of drug-likeness (QED) is 0.0264. The van der Waals surface area contributed by atoms with E-state index in [2.05, 4.69) is 245 Å². The summed E-state index contributed by atoms with van der Waals surface area (Å²) in [5.74, 6) is -0.889. The highest BCUT2D eigenvalue weighted by Crippen LogP contribution is 2.43. The van der Waals surface area contributed by atoms with Crippen LogP contribution < -0.4 is 5.73 Å². The Bertz CT molecular complexity index is 2380. The van der Waals surface area contributed by atoms with Crippen LogP contribution in [0.4, 0.5) is 0 Å². The second-order valence-corrected chi connectivity index (χ2v) is 24.1. The maximum absolute atomic E-state index is 12.8. The largest absolute Gasteiger partial charge is 0.472 e. The minimum atomic E-state index is -4.42. The minimum absolute atomic E-state index is 0.0345. The number of allylic oxidation sites excluding steroid dienone is 38. The zero-order chi connectivity index (χ0) is 67.2. The van der Waals surface area contributed by atoms with Crippen LogP contribution in [0.25, 0.3) is 0 Å². The van der Waals surface area contributed by atoms with Crippen molar-refractivity contribution in [1.82, 2.24) is 0 Å². The fourth-order valence-corrected chi connectivity index (χ4v) is 9.60. The fourth-order valence-electron chi connectivity index (χ4n) is 8.83. The Hall–Kier alpha value is -5.93. The molecular formula is C83H128NO8P. The molecule has 0 saturated heterocycles. The number of unbranched alkanes of at least 4 members (excludes halogenated alkanes) is 13. The summed E-state index contributed by atoms with van der Waals surface area (Å²) >= 11 is 0. The van der Waals surface area contributed by atoms with Gasteiger partial charge < -0.3 is 20.1 Å². The maximum atomic E-state index is 12.8. The van der Waals surface area contributed by atoms with Gasteiger partial charge in [0, 0.05) is 19.4 Å². The molecule has 0 radical (unpaired) electrons. The van der Waals surface area contributed by atoms with Gasteiger partial charge in [-0.2, -0.15) is 0 Å². The Morgan fingerprint density at radius 3 is 0.839 bits per heavy atom. The molecule has 0 aliphatic heterocycles. The third-order valence-corrected chi connectivity index (χ3v) is 15.0. The van der Waals surface area contributed by atoms with Crippen molar-refractivity contribution in [3.05, 3.63) is 231 Å². The first-order valence-electron chi connectivity index (χ1n) is 35.9. The first-order chi connectivity index (χ1) is 45.8. The van der Waals surface area contributed by atoms with E-state index in [-0.39, 0.29) is 32.6 Å². The predicted molar refractivity (Wildman–Crippen MR) is 403 cm³/mol. The van der Waals surface area contributed by atoms with Crippen molar-refractivity contribution in [1.29, 1.82) is 0 Å². The Labute approximate surface area is 568 Å². The molecule has 9 nitrogen and oxygen atoms in total. The van der Waals surface area contributed by atoms with Crippen LogP contribution in [0.15, 0.2) is 231 Å². The molecule has 0 saturated carbocycles. The van der Waals surface area contributed by atoms with Gasteiger partial charge in [-0.25, -0.2) is 4.57 Å². The molecule has 0 aliphatic carbocycles. The number of nitrogens with two attached hydrogens (primary N) is 1. The lowest BCUT2D eigenvalue weighted by molar-refractivity contribution is -0.161. The molecule has 10 heteroatoms. The van der Waals surface area contributed by atoms with Crippen LogP contribution in [0.5, 0.6) is 0 Å². The van der Waals surface area contributed by atoms with Crippen LogP contribution in [-0.4, -0.2) is 49.3 Å². The van der Waals surface area contributed by atoms with Gasteiger partial charge in [-0.05, 0) is 161 Å². The van der Waals surface area contributed by atoms with Gasteiger partial charge in [0.05, 0.1) is 13.2 Å². The Morgan fingerprint density at radius 2 is 0.559 bits per heavy atom. The lowest BCUT2D eigenvalue weighted by atomic mass is 10.1. The molecule has 0 bridgehead atoms. The summed E-state index contributed by atoms with van der Waals surface area (Å²) in [5, 5.41) is 0. The summed E-state index contributed by atoms with van der Waals surface area (Å²) in [7, 11) is -4.42. The topological polar surface area (TPSA) is 134 Å². The molecule has 2 unspecified atom stereocenters. The van der Waals surface area contributed by atoms with Gasteiger partial charge in [-0.3, -0.25) is 18.6 Å². The molecule has 0 aromatic carbocycles. The van der Waals surface area contributed by atoms with Crippen molar-refractivity contribution in [2.75, 3.05) is 26.4 Å². The van der Waals surface area contributed by atoms with Gasteiger partial charge in [0.25, 0.3) is 0 Å². The highest BCUT2D eigenvalue weighted by atomic mass is 31.2. The smallest absolute Gasteiger partial charge is 0.462 e. The first kappa shape index (κ1) is 87.1. The number of phosphoric ester groups is 1. The second kappa shape index (κ2) is 75.1. The van der Waals surface area contributed by atoms with E-state index >= 15 is 0 Å². The highest BCUT2D eigenvalue weighted by Gasteiger charge is 2.26. The molecule has 0 fully saturated rings. The maximum Gasteiger partial charge on any atom is 0.472 e. The summed E-state index contributed by atoms with van der Waals surface area (Å²) in [6, 6.07) is 0. The zero-order valence-electron chi connectivity index (χ0n) is 58.1. The van der Waals surface area contributed by atoms with Gasteiger partial charge in [0.2, 0.25) is 0 Å². The zero-order valence-corrected chi connectivity index (χ0v) is 59.0. The molecule has 2 atom stereocenters. The van der Waals surface area contributed by atoms with Crippen molar-refractivity contribution < 1.29 is 37.6 Å². The SMILES string of the molecule is CC/C=C\C/C=C\C/C=C\C/C=C\C/C=C\C/C=C\C/C=C\C/C=C\C/C=C\C/C=C\C/C=C\CCCCCC(=O)OC(COC(=O)CCCCCCCCCCCC/C=C\C/C=C\C/C=C\C/C=C\C/C=C\C/C=C\C/C=C\C/C=C\CC)COP(=O)(O)OCCN. The van der Waals surface area contributed by atoms with Crippen molar-refractivity contribution in [3.8, 4) is 0 Å². The molecule has 0 rings (SSSR count). The van der Waals surface area contributed by atoms with E-state index in [1.807, 2.05) is 0 Å². The molecule has 0 aromatic rings. The molecule has 0 aliphatic rings. The molecule has 0 aromatic heterocycles. The van der Waals surface area contributed by atoms with Gasteiger partial charge in [0.1, 0.15) is 6.61 Å². The molecule has 3 N–H and O–H groups in total. The number of hydrogen-bond acceptors (Lipinski definition) is 8. The summed E-state index contributed by atoms with van der Waals surface area (Å²) in [6.07, 6.45) is 118. The van der Waals surface area contributed by atoms with Gasteiger partial charge >= 0.3 is 19.8 Å². The van der Waals surface area contributed by atoms with Crippen LogP contribution in [0.3, 0.4) is 0 Å². The standard InChI is InChI=1S/C83H128NO8P/c1-3-5-7-9-11-13-15-17-19-21-23-25-27-29-31-33-35-37-39-40-42-44-46-48-50-52-54-56-58-60-62-64-66-68-70-72-74-76-83(86)92-81(80-91-93(87,88)90-78-77-84)79-89-82(85)75-73-71-69-67-65-63-61-59-57-55-53-51-49-47-45-43-41-38-36-34-32-30-28-26-24-22-20-18-16-14-12-10-8-6-4-2/h5-8,11-14,17-20,23-26,29-32,35-38,40,42-43,45-46,48-49,51-52,54,58,60,64,66,81H,3-4,9-10,15-16,21-22,27-28,33-34,39,41,44,47,50,53,55-57,59,61-63,65,67-80,84H2,1-2H3,(H,87,88)/b7-5-,8-6-,13-11-,14-12-,19-17-,20-18-,25-23-,26-24-,31-29-,32-30-,37-35-,38-36-,42-40-,45-43-,48-46-,51-49-,54-52-,60-58-,66-64-. The van der Waals surface area contributed by atoms with Gasteiger partial charge in [-0.15, -0.1) is 0 Å². The number of phosphoric acid groups is 1. The summed E-state index contributed by atoms with van der Waals surface area (Å²) in [6.45, 7) is 3.44. The number of carbonyl (C=O) groups excluding carboxylic acids is 2. The molecule has 518 valence electrons. The molecule has 0 heterocycles. The van der Waals surface area contributed by atoms with Crippen LogP contribution >= 0.6 is 7.82 Å². The minimum Gasteiger partial charge on any atom is -0.462 e. The lowest BCUT2D eigenvalue weighted by Crippen LogP contribution is -2.29. The summed E-state index contributed by atoms with van der Waals surface area (Å²) < 4.78 is 33.1. The number of rotatable bonds is 64. The van der Waals surface area contributed by atoms with Crippen molar-refractivity contribution in [3.63, 3.8) is 0 Å². The average molecular weight is 1300 g/mol. The van der Waals surface area contributed by atoms with Crippen LogP contribution in [0.1, 0.15) is 245 Å². The van der Waals surface area contributed by atoms with Gasteiger partial charge in [0.15, 0.2) is 6.10 Å². The summed E-state index contributed by atoms with van der Waals surface area (Å²) in [5.41, 5.74) is 5.40. The van der Waals surface area contributed by atoms with Crippen LogP contribution in [0.2, 0.25) is 0 Å². The molecule has 0 spiro atoms. The third kappa shape index (κ3) is 75.0. The predicted octanol–water partition coefficient (Wildman–Crippen LogP) is 24.2. The number of esters is 2. The fraction of sp³-hybridized carbons (Fsp3) is 0.518. The van der Waals surface area contributed by atoms with Crippen LogP contribution in [-0.2, 0) is 32.7 Å². The van der Waals surface area contributed by atoms with E-state index in [9.17, 15) is 19.0 Å². The monoisotopic (exact) mass is 1300 g/mol. The van der Waals surface area contributed by atoms with Crippen molar-refractivity contribution in [2.45, 2.75) is 251 Å². The molecular weight excluding hydrogens is 1170 g/mol. The van der Waals surface area contributed by atoms with E-state index in [0.29, 0.717) is 12.8 Å².